The number of rotatable bonds is 8. The van der Waals surface area contributed by atoms with Crippen LogP contribution in [0.3, 0.4) is 0 Å². The fraction of sp³-hybridized carbons (Fsp3) is 0.353. The Hall–Kier alpha value is -2.87. The lowest BCUT2D eigenvalue weighted by molar-refractivity contribution is 0.0945. The molecule has 132 valence electrons. The number of hydrogen-bond acceptors (Lipinski definition) is 7. The van der Waals surface area contributed by atoms with Crippen molar-refractivity contribution in [1.82, 2.24) is 15.5 Å². The lowest BCUT2D eigenvalue weighted by atomic mass is 10.2. The molecule has 3 rings (SSSR count). The Balaban J connectivity index is 1.49. The normalized spacial score (nSPS) is 12.0. The van der Waals surface area contributed by atoms with Gasteiger partial charge in [0.15, 0.2) is 17.2 Å². The highest BCUT2D eigenvalue weighted by Crippen LogP contribution is 2.32. The zero-order valence-electron chi connectivity index (χ0n) is 13.9. The number of nitrogens with one attached hydrogen (secondary N) is 2. The Bertz CT molecular complexity index is 721. The maximum absolute atomic E-state index is 12.2. The molecule has 1 aliphatic heterocycles. The predicted molar refractivity (Wildman–Crippen MR) is 90.7 cm³/mol. The summed E-state index contributed by atoms with van der Waals surface area (Å²) in [6.07, 6.45) is 0.871. The average molecular weight is 344 g/mol. The molecule has 0 bridgehead atoms. The van der Waals surface area contributed by atoms with E-state index in [1.165, 1.54) is 0 Å². The lowest BCUT2D eigenvalue weighted by Gasteiger charge is -2.07. The molecule has 8 heteroatoms. The molecule has 2 N–H and O–H groups in total. The summed E-state index contributed by atoms with van der Waals surface area (Å²) in [7, 11) is 1.66. The molecular formula is C17H20N4O4. The van der Waals surface area contributed by atoms with Gasteiger partial charge in [-0.1, -0.05) is 6.07 Å². The van der Waals surface area contributed by atoms with Crippen LogP contribution in [0.1, 0.15) is 22.5 Å². The number of aromatic nitrogens is 2. The summed E-state index contributed by atoms with van der Waals surface area (Å²) in [5, 5.41) is 13.9. The number of ether oxygens (including phenoxy) is 3. The highest BCUT2D eigenvalue weighted by molar-refractivity contribution is 5.92. The summed E-state index contributed by atoms with van der Waals surface area (Å²) in [6.45, 7) is 2.01. The van der Waals surface area contributed by atoms with Crippen LogP contribution in [-0.2, 0) is 11.3 Å². The Morgan fingerprint density at radius 1 is 1.20 bits per heavy atom. The molecule has 0 aliphatic carbocycles. The summed E-state index contributed by atoms with van der Waals surface area (Å²) in [5.41, 5.74) is 1.19. The van der Waals surface area contributed by atoms with Crippen molar-refractivity contribution in [2.24, 2.45) is 0 Å². The van der Waals surface area contributed by atoms with Gasteiger partial charge in [0.1, 0.15) is 5.82 Å². The molecule has 0 spiro atoms. The third-order valence-electron chi connectivity index (χ3n) is 3.62. The molecule has 1 aromatic heterocycles. The standard InChI is InChI=1S/C17H20N4O4/c1-23-8-2-7-18-16-6-4-13(20-21-16)17(22)19-10-12-3-5-14-15(9-12)25-11-24-14/h3-6,9H,2,7-8,10-11H2,1H3,(H,18,21)(H,19,22). The number of amides is 1. The van der Waals surface area contributed by atoms with Gasteiger partial charge in [-0.25, -0.2) is 0 Å². The van der Waals surface area contributed by atoms with Crippen LogP contribution in [0.15, 0.2) is 30.3 Å². The number of benzene rings is 1. The molecule has 2 heterocycles. The van der Waals surface area contributed by atoms with Crippen molar-refractivity contribution < 1.29 is 19.0 Å². The zero-order valence-corrected chi connectivity index (χ0v) is 13.9. The van der Waals surface area contributed by atoms with Crippen molar-refractivity contribution in [3.63, 3.8) is 0 Å². The number of carbonyl (C=O) groups is 1. The second kappa shape index (κ2) is 8.29. The number of anilines is 1. The van der Waals surface area contributed by atoms with E-state index in [9.17, 15) is 4.79 Å². The molecule has 1 amide bonds. The second-order valence-corrected chi connectivity index (χ2v) is 5.45. The third kappa shape index (κ3) is 4.57. The van der Waals surface area contributed by atoms with Crippen molar-refractivity contribution in [2.45, 2.75) is 13.0 Å². The molecule has 0 atom stereocenters. The number of fused-ring (bicyclic) bond motifs is 1. The Labute approximate surface area is 145 Å². The number of hydrogen-bond donors (Lipinski definition) is 2. The van der Waals surface area contributed by atoms with Gasteiger partial charge in [0.25, 0.3) is 5.91 Å². The lowest BCUT2D eigenvalue weighted by Crippen LogP contribution is -2.24. The monoisotopic (exact) mass is 344 g/mol. The van der Waals surface area contributed by atoms with Crippen LogP contribution in [0.2, 0.25) is 0 Å². The molecule has 25 heavy (non-hydrogen) atoms. The summed E-state index contributed by atoms with van der Waals surface area (Å²) < 4.78 is 15.6. The topological polar surface area (TPSA) is 94.6 Å². The number of carbonyl (C=O) groups excluding carboxylic acids is 1. The Morgan fingerprint density at radius 3 is 2.88 bits per heavy atom. The fourth-order valence-corrected chi connectivity index (χ4v) is 2.30. The molecule has 0 unspecified atom stereocenters. The average Bonchev–Trinajstić information content (AvgIpc) is 3.11. The smallest absolute Gasteiger partial charge is 0.272 e. The molecule has 0 fully saturated rings. The molecule has 1 aromatic carbocycles. The molecule has 8 nitrogen and oxygen atoms in total. The van der Waals surface area contributed by atoms with Gasteiger partial charge in [-0.3, -0.25) is 4.79 Å². The van der Waals surface area contributed by atoms with Gasteiger partial charge in [0, 0.05) is 26.8 Å². The first-order valence-corrected chi connectivity index (χ1v) is 7.99. The molecule has 0 radical (unpaired) electrons. The van der Waals surface area contributed by atoms with E-state index in [-0.39, 0.29) is 18.4 Å². The van der Waals surface area contributed by atoms with Crippen molar-refractivity contribution in [3.05, 3.63) is 41.6 Å². The molecule has 0 saturated heterocycles. The zero-order chi connectivity index (χ0) is 17.5. The predicted octanol–water partition coefficient (Wildman–Crippen LogP) is 1.58. The van der Waals surface area contributed by atoms with Crippen LogP contribution < -0.4 is 20.1 Å². The van der Waals surface area contributed by atoms with Crippen LogP contribution in [0.25, 0.3) is 0 Å². The van der Waals surface area contributed by atoms with Crippen LogP contribution in [0, 0.1) is 0 Å². The number of methoxy groups -OCH3 is 1. The van der Waals surface area contributed by atoms with E-state index in [4.69, 9.17) is 14.2 Å². The van der Waals surface area contributed by atoms with Crippen LogP contribution in [0.4, 0.5) is 5.82 Å². The molecule has 2 aromatic rings. The molecule has 0 saturated carbocycles. The first kappa shape index (κ1) is 17.0. The highest BCUT2D eigenvalue weighted by atomic mass is 16.7. The van der Waals surface area contributed by atoms with Crippen molar-refractivity contribution in [2.75, 3.05) is 32.4 Å². The number of nitrogens with zero attached hydrogens (tertiary/aromatic N) is 2. The first-order chi connectivity index (χ1) is 12.3. The van der Waals surface area contributed by atoms with Gasteiger partial charge in [-0.15, -0.1) is 10.2 Å². The van der Waals surface area contributed by atoms with E-state index in [1.54, 1.807) is 19.2 Å². The largest absolute Gasteiger partial charge is 0.454 e. The van der Waals surface area contributed by atoms with E-state index in [0.717, 1.165) is 24.3 Å². The SMILES string of the molecule is COCCCNc1ccc(C(=O)NCc2ccc3c(c2)OCO3)nn1. The molecular weight excluding hydrogens is 324 g/mol. The minimum Gasteiger partial charge on any atom is -0.454 e. The summed E-state index contributed by atoms with van der Waals surface area (Å²) in [4.78, 5) is 12.2. The van der Waals surface area contributed by atoms with Gasteiger partial charge in [-0.05, 0) is 36.2 Å². The van der Waals surface area contributed by atoms with E-state index in [2.05, 4.69) is 20.8 Å². The fourth-order valence-electron chi connectivity index (χ4n) is 2.30. The first-order valence-electron chi connectivity index (χ1n) is 7.99. The van der Waals surface area contributed by atoms with E-state index < -0.39 is 0 Å². The van der Waals surface area contributed by atoms with Gasteiger partial charge < -0.3 is 24.8 Å². The minimum absolute atomic E-state index is 0.229. The van der Waals surface area contributed by atoms with Gasteiger partial charge in [-0.2, -0.15) is 0 Å². The van der Waals surface area contributed by atoms with Gasteiger partial charge in [0.2, 0.25) is 6.79 Å². The van der Waals surface area contributed by atoms with Gasteiger partial charge in [0.05, 0.1) is 0 Å². The van der Waals surface area contributed by atoms with Crippen LogP contribution in [0.5, 0.6) is 11.5 Å². The highest BCUT2D eigenvalue weighted by Gasteiger charge is 2.14. The second-order valence-electron chi connectivity index (χ2n) is 5.45. The summed E-state index contributed by atoms with van der Waals surface area (Å²) in [6, 6.07) is 8.93. The van der Waals surface area contributed by atoms with Crippen molar-refractivity contribution >= 4 is 11.7 Å². The van der Waals surface area contributed by atoms with Crippen LogP contribution in [-0.4, -0.2) is 43.2 Å². The quantitative estimate of drug-likeness (QED) is 0.702. The van der Waals surface area contributed by atoms with Gasteiger partial charge >= 0.3 is 0 Å². The van der Waals surface area contributed by atoms with Crippen molar-refractivity contribution in [1.29, 1.82) is 0 Å². The van der Waals surface area contributed by atoms with E-state index in [0.29, 0.717) is 24.7 Å². The van der Waals surface area contributed by atoms with Crippen LogP contribution >= 0.6 is 0 Å². The maximum Gasteiger partial charge on any atom is 0.272 e. The summed E-state index contributed by atoms with van der Waals surface area (Å²) in [5.74, 6) is 1.75. The van der Waals surface area contributed by atoms with Crippen molar-refractivity contribution in [3.8, 4) is 11.5 Å². The maximum atomic E-state index is 12.2. The molecule has 1 aliphatic rings. The minimum atomic E-state index is -0.281. The Morgan fingerprint density at radius 2 is 2.08 bits per heavy atom. The van der Waals surface area contributed by atoms with E-state index in [1.807, 2.05) is 18.2 Å². The Kier molecular flexibility index (Phi) is 5.63. The van der Waals surface area contributed by atoms with E-state index >= 15 is 0 Å². The summed E-state index contributed by atoms with van der Waals surface area (Å²) >= 11 is 0. The third-order valence-corrected chi connectivity index (χ3v) is 3.62.